The molecule has 1 aromatic heterocycles. The van der Waals surface area contributed by atoms with Gasteiger partial charge in [-0.25, -0.2) is 0 Å². The predicted molar refractivity (Wildman–Crippen MR) is 86.2 cm³/mol. The van der Waals surface area contributed by atoms with Crippen molar-refractivity contribution in [2.24, 2.45) is 5.92 Å². The van der Waals surface area contributed by atoms with Crippen LogP contribution in [-0.4, -0.2) is 33.2 Å². The van der Waals surface area contributed by atoms with Crippen LogP contribution in [0.1, 0.15) is 35.9 Å². The van der Waals surface area contributed by atoms with Gasteiger partial charge in [-0.05, 0) is 43.9 Å². The molecule has 2 aromatic rings. The van der Waals surface area contributed by atoms with Crippen LogP contribution < -0.4 is 4.74 Å². The Hall–Kier alpha value is -2.30. The molecule has 1 aromatic carbocycles. The van der Waals surface area contributed by atoms with Crippen LogP contribution in [0.15, 0.2) is 36.4 Å². The lowest BCUT2D eigenvalue weighted by Crippen LogP contribution is -2.46. The van der Waals surface area contributed by atoms with Gasteiger partial charge in [0.1, 0.15) is 23.7 Å². The Morgan fingerprint density at radius 1 is 1.26 bits per heavy atom. The van der Waals surface area contributed by atoms with Gasteiger partial charge in [0.15, 0.2) is 0 Å². The van der Waals surface area contributed by atoms with Crippen molar-refractivity contribution in [3.63, 3.8) is 0 Å². The van der Waals surface area contributed by atoms with Crippen molar-refractivity contribution in [3.8, 4) is 5.75 Å². The monoisotopic (exact) mass is 311 g/mol. The second kappa shape index (κ2) is 5.72. The van der Waals surface area contributed by atoms with Gasteiger partial charge in [0, 0.05) is 12.6 Å². The van der Waals surface area contributed by atoms with E-state index in [0.29, 0.717) is 24.3 Å². The first kappa shape index (κ1) is 14.3. The van der Waals surface area contributed by atoms with Crippen LogP contribution in [0.2, 0.25) is 0 Å². The van der Waals surface area contributed by atoms with Crippen LogP contribution in [0.3, 0.4) is 0 Å². The van der Waals surface area contributed by atoms with Crippen molar-refractivity contribution >= 4 is 5.91 Å². The normalized spacial score (nSPS) is 18.7. The summed E-state index contributed by atoms with van der Waals surface area (Å²) in [5.74, 6) is 1.61. The second-order valence-corrected chi connectivity index (χ2v) is 6.42. The van der Waals surface area contributed by atoms with Crippen molar-refractivity contribution in [1.29, 1.82) is 0 Å². The maximum absolute atomic E-state index is 12.7. The molecule has 0 bridgehead atoms. The summed E-state index contributed by atoms with van der Waals surface area (Å²) in [5, 5.41) is 4.51. The number of para-hydroxylation sites is 1. The number of carbonyl (C=O) groups excluding carboxylic acids is 1. The average molecular weight is 311 g/mol. The number of carbonyl (C=O) groups is 1. The summed E-state index contributed by atoms with van der Waals surface area (Å²) >= 11 is 0. The summed E-state index contributed by atoms with van der Waals surface area (Å²) in [6, 6.07) is 11.9. The average Bonchev–Trinajstić information content (AvgIpc) is 3.34. The molecule has 1 aliphatic carbocycles. The minimum atomic E-state index is 0.106. The third-order valence-corrected chi connectivity index (χ3v) is 4.79. The van der Waals surface area contributed by atoms with E-state index in [9.17, 15) is 4.79 Å². The zero-order valence-electron chi connectivity index (χ0n) is 13.3. The summed E-state index contributed by atoms with van der Waals surface area (Å²) in [7, 11) is 0. The first-order valence-corrected chi connectivity index (χ1v) is 8.28. The molecule has 5 heteroatoms. The molecule has 120 valence electrons. The van der Waals surface area contributed by atoms with Crippen molar-refractivity contribution in [3.05, 3.63) is 47.8 Å². The van der Waals surface area contributed by atoms with Crippen LogP contribution in [0.4, 0.5) is 0 Å². The fraction of sp³-hybridized carbons (Fsp3) is 0.444. The first-order chi connectivity index (χ1) is 11.2. The molecule has 1 amide bonds. The number of nitrogens with zero attached hydrogens (tertiary/aromatic N) is 3. The van der Waals surface area contributed by atoms with Crippen molar-refractivity contribution in [2.45, 2.75) is 39.0 Å². The molecular formula is C18H21N3O2. The molecule has 1 atom stereocenters. The zero-order valence-corrected chi connectivity index (χ0v) is 13.3. The number of benzene rings is 1. The highest BCUT2D eigenvalue weighted by Gasteiger charge is 2.37. The predicted octanol–water partition coefficient (Wildman–Crippen LogP) is 2.72. The Morgan fingerprint density at radius 3 is 2.78 bits per heavy atom. The molecule has 0 spiro atoms. The minimum Gasteiger partial charge on any atom is -0.487 e. The number of hydrogen-bond acceptors (Lipinski definition) is 3. The fourth-order valence-electron chi connectivity index (χ4n) is 3.23. The lowest BCUT2D eigenvalue weighted by atomic mass is 10.1. The van der Waals surface area contributed by atoms with E-state index in [2.05, 4.69) is 12.0 Å². The maximum atomic E-state index is 12.7. The second-order valence-electron chi connectivity index (χ2n) is 6.42. The Labute approximate surface area is 135 Å². The quantitative estimate of drug-likeness (QED) is 0.853. The number of amides is 1. The van der Waals surface area contributed by atoms with E-state index in [0.717, 1.165) is 24.5 Å². The van der Waals surface area contributed by atoms with E-state index in [-0.39, 0.29) is 5.91 Å². The Balaban J connectivity index is 1.47. The van der Waals surface area contributed by atoms with Crippen LogP contribution >= 0.6 is 0 Å². The molecule has 1 saturated carbocycles. The van der Waals surface area contributed by atoms with Crippen LogP contribution in [0, 0.1) is 5.92 Å². The van der Waals surface area contributed by atoms with E-state index >= 15 is 0 Å². The SMILES string of the molecule is CC(C1CC1)N1CCn2nc(COc3ccccc3)cc2C1=O. The lowest BCUT2D eigenvalue weighted by Gasteiger charge is -2.32. The Morgan fingerprint density at radius 2 is 2.04 bits per heavy atom. The lowest BCUT2D eigenvalue weighted by molar-refractivity contribution is 0.0604. The van der Waals surface area contributed by atoms with Crippen LogP contribution in [0.25, 0.3) is 0 Å². The summed E-state index contributed by atoms with van der Waals surface area (Å²) in [6.45, 7) is 4.07. The van der Waals surface area contributed by atoms with Gasteiger partial charge < -0.3 is 9.64 Å². The van der Waals surface area contributed by atoms with Crippen LogP contribution in [0.5, 0.6) is 5.75 Å². The van der Waals surface area contributed by atoms with Gasteiger partial charge in [0.2, 0.25) is 0 Å². The van der Waals surface area contributed by atoms with E-state index in [4.69, 9.17) is 4.74 Å². The minimum absolute atomic E-state index is 0.106. The van der Waals surface area contributed by atoms with Crippen molar-refractivity contribution in [2.75, 3.05) is 6.54 Å². The van der Waals surface area contributed by atoms with E-state index < -0.39 is 0 Å². The van der Waals surface area contributed by atoms with Crippen molar-refractivity contribution < 1.29 is 9.53 Å². The molecule has 1 aliphatic heterocycles. The van der Waals surface area contributed by atoms with E-state index in [1.165, 1.54) is 12.8 Å². The smallest absolute Gasteiger partial charge is 0.272 e. The number of rotatable bonds is 5. The topological polar surface area (TPSA) is 47.4 Å². The molecule has 1 fully saturated rings. The molecule has 2 heterocycles. The number of ether oxygens (including phenoxy) is 1. The molecule has 1 unspecified atom stereocenters. The summed E-state index contributed by atoms with van der Waals surface area (Å²) < 4.78 is 7.55. The molecule has 0 N–H and O–H groups in total. The van der Waals surface area contributed by atoms with E-state index in [1.807, 2.05) is 46.0 Å². The number of fused-ring (bicyclic) bond motifs is 1. The third-order valence-electron chi connectivity index (χ3n) is 4.79. The summed E-state index contributed by atoms with van der Waals surface area (Å²) in [4.78, 5) is 14.7. The molecule has 2 aliphatic rings. The van der Waals surface area contributed by atoms with Gasteiger partial charge in [0.05, 0.1) is 6.54 Å². The third kappa shape index (κ3) is 2.83. The highest BCUT2D eigenvalue weighted by atomic mass is 16.5. The van der Waals surface area contributed by atoms with Gasteiger partial charge in [-0.15, -0.1) is 0 Å². The summed E-state index contributed by atoms with van der Waals surface area (Å²) in [5.41, 5.74) is 1.49. The van der Waals surface area contributed by atoms with E-state index in [1.54, 1.807) is 0 Å². The Bertz CT molecular complexity index is 706. The molecular weight excluding hydrogens is 290 g/mol. The molecule has 4 rings (SSSR count). The molecule has 0 saturated heterocycles. The number of hydrogen-bond donors (Lipinski definition) is 0. The molecule has 0 radical (unpaired) electrons. The maximum Gasteiger partial charge on any atom is 0.272 e. The standard InChI is InChI=1S/C18H21N3O2/c1-13(14-7-8-14)20-9-10-21-17(18(20)22)11-15(19-21)12-23-16-5-3-2-4-6-16/h2-6,11,13-14H,7-10,12H2,1H3. The highest BCUT2D eigenvalue weighted by molar-refractivity contribution is 5.93. The van der Waals surface area contributed by atoms with Gasteiger partial charge >= 0.3 is 0 Å². The zero-order chi connectivity index (χ0) is 15.8. The number of aromatic nitrogens is 2. The highest BCUT2D eigenvalue weighted by Crippen LogP contribution is 2.36. The fourth-order valence-corrected chi connectivity index (χ4v) is 3.23. The van der Waals surface area contributed by atoms with Gasteiger partial charge in [-0.2, -0.15) is 5.10 Å². The Kier molecular flexibility index (Phi) is 3.56. The summed E-state index contributed by atoms with van der Waals surface area (Å²) in [6.07, 6.45) is 2.50. The first-order valence-electron chi connectivity index (χ1n) is 8.28. The van der Waals surface area contributed by atoms with Crippen molar-refractivity contribution in [1.82, 2.24) is 14.7 Å². The van der Waals surface area contributed by atoms with Gasteiger partial charge in [-0.1, -0.05) is 18.2 Å². The van der Waals surface area contributed by atoms with Gasteiger partial charge in [-0.3, -0.25) is 9.48 Å². The van der Waals surface area contributed by atoms with Gasteiger partial charge in [0.25, 0.3) is 5.91 Å². The van der Waals surface area contributed by atoms with Crippen LogP contribution in [-0.2, 0) is 13.2 Å². The largest absolute Gasteiger partial charge is 0.487 e. The molecule has 23 heavy (non-hydrogen) atoms. The molecule has 5 nitrogen and oxygen atoms in total.